The third kappa shape index (κ3) is 5.37. The number of hydrogen-bond acceptors (Lipinski definition) is 5. The zero-order chi connectivity index (χ0) is 22.5. The molecule has 1 fully saturated rings. The molecular weight excluding hydrogens is 441 g/mol. The first-order valence-electron chi connectivity index (χ1n) is 9.66. The van der Waals surface area contributed by atoms with Gasteiger partial charge in [0.1, 0.15) is 17.9 Å². The number of ether oxygens (including phenoxy) is 1. The Bertz CT molecular complexity index is 1040. The molecule has 1 aliphatic heterocycles. The van der Waals surface area contributed by atoms with Crippen LogP contribution in [0.5, 0.6) is 5.75 Å². The van der Waals surface area contributed by atoms with Crippen LogP contribution in [-0.4, -0.2) is 30.9 Å². The molecule has 2 N–H and O–H groups in total. The molecule has 0 aromatic heterocycles. The van der Waals surface area contributed by atoms with Gasteiger partial charge in [0, 0.05) is 46.0 Å². The lowest BCUT2D eigenvalue weighted by atomic mass is 10.1. The van der Waals surface area contributed by atoms with Gasteiger partial charge in [0.2, 0.25) is 0 Å². The highest BCUT2D eigenvalue weighted by Crippen LogP contribution is 2.30. The molecule has 0 unspecified atom stereocenters. The van der Waals surface area contributed by atoms with Crippen molar-refractivity contribution < 1.29 is 19.1 Å². The van der Waals surface area contributed by atoms with Crippen molar-refractivity contribution in [2.45, 2.75) is 20.5 Å². The number of rotatable bonds is 7. The van der Waals surface area contributed by atoms with Gasteiger partial charge in [0.15, 0.2) is 0 Å². The Morgan fingerprint density at radius 3 is 2.26 bits per heavy atom. The molecule has 7 nitrogen and oxygen atoms in total. The molecule has 1 heterocycles. The van der Waals surface area contributed by atoms with E-state index in [1.165, 1.54) is 6.08 Å². The van der Waals surface area contributed by atoms with Gasteiger partial charge in [-0.1, -0.05) is 29.3 Å². The monoisotopic (exact) mass is 461 g/mol. The van der Waals surface area contributed by atoms with E-state index < -0.39 is 17.8 Å². The van der Waals surface area contributed by atoms with Crippen LogP contribution in [0.3, 0.4) is 0 Å². The maximum atomic E-state index is 12.1. The maximum absolute atomic E-state index is 12.1. The van der Waals surface area contributed by atoms with E-state index in [2.05, 4.69) is 15.5 Å². The second-order valence-electron chi connectivity index (χ2n) is 6.71. The first-order chi connectivity index (χ1) is 14.8. The number of nitrogens with one attached hydrogen (secondary N) is 2. The average molecular weight is 462 g/mol. The Hall–Kier alpha value is -3.03. The lowest BCUT2D eigenvalue weighted by Gasteiger charge is -2.23. The Kier molecular flexibility index (Phi) is 7.20. The summed E-state index contributed by atoms with van der Waals surface area (Å²) in [6.07, 6.45) is 1.39. The van der Waals surface area contributed by atoms with Crippen LogP contribution >= 0.6 is 23.2 Å². The Balaban J connectivity index is 1.98. The average Bonchev–Trinajstić information content (AvgIpc) is 2.72. The van der Waals surface area contributed by atoms with Crippen molar-refractivity contribution in [1.29, 1.82) is 0 Å². The number of urea groups is 1. The second kappa shape index (κ2) is 9.85. The molecule has 1 saturated heterocycles. The van der Waals surface area contributed by atoms with Gasteiger partial charge >= 0.3 is 6.03 Å². The number of amides is 4. The molecule has 0 radical (unpaired) electrons. The minimum absolute atomic E-state index is 0.157. The standard InChI is InChI=1S/C22H21Cl2N3O4/c1-3-27(4-2)16-8-6-13(9-17-20(28)25-22(30)26-21(17)29)19(11-16)31-12-14-5-7-15(23)10-18(14)24/h5-11H,3-4,12H2,1-2H3,(H2,25,26,28,29,30). The fourth-order valence-electron chi connectivity index (χ4n) is 3.11. The van der Waals surface area contributed by atoms with Gasteiger partial charge in [0.05, 0.1) is 0 Å². The number of barbiturate groups is 1. The molecule has 2 aromatic carbocycles. The fraction of sp³-hybridized carbons (Fsp3) is 0.227. The van der Waals surface area contributed by atoms with Gasteiger partial charge in [-0.3, -0.25) is 20.2 Å². The number of carbonyl (C=O) groups is 3. The number of hydrogen-bond donors (Lipinski definition) is 2. The van der Waals surface area contributed by atoms with Crippen molar-refractivity contribution in [3.8, 4) is 5.75 Å². The minimum Gasteiger partial charge on any atom is -0.488 e. The third-order valence-electron chi connectivity index (χ3n) is 4.77. The largest absolute Gasteiger partial charge is 0.488 e. The summed E-state index contributed by atoms with van der Waals surface area (Å²) in [5.74, 6) is -1.08. The van der Waals surface area contributed by atoms with E-state index in [4.69, 9.17) is 27.9 Å². The van der Waals surface area contributed by atoms with Crippen molar-refractivity contribution in [1.82, 2.24) is 10.6 Å². The van der Waals surface area contributed by atoms with Crippen LogP contribution in [0.1, 0.15) is 25.0 Å². The number of halogens is 2. The minimum atomic E-state index is -0.849. The predicted molar refractivity (Wildman–Crippen MR) is 120 cm³/mol. The SMILES string of the molecule is CCN(CC)c1ccc(C=C2C(=O)NC(=O)NC2=O)c(OCc2ccc(Cl)cc2Cl)c1. The summed E-state index contributed by atoms with van der Waals surface area (Å²) in [4.78, 5) is 37.7. The number of anilines is 1. The van der Waals surface area contributed by atoms with E-state index in [1.807, 2.05) is 26.0 Å². The Labute approximate surface area is 190 Å². The van der Waals surface area contributed by atoms with Gasteiger partial charge < -0.3 is 9.64 Å². The highest BCUT2D eigenvalue weighted by atomic mass is 35.5. The van der Waals surface area contributed by atoms with Crippen LogP contribution in [0, 0.1) is 0 Å². The summed E-state index contributed by atoms with van der Waals surface area (Å²) < 4.78 is 6.03. The molecule has 0 atom stereocenters. The van der Waals surface area contributed by atoms with Gasteiger partial charge in [0.25, 0.3) is 11.8 Å². The van der Waals surface area contributed by atoms with E-state index in [-0.39, 0.29) is 12.2 Å². The molecular formula is C22H21Cl2N3O4. The van der Waals surface area contributed by atoms with Crippen molar-refractivity contribution in [3.63, 3.8) is 0 Å². The van der Waals surface area contributed by atoms with E-state index in [1.54, 1.807) is 24.3 Å². The molecule has 9 heteroatoms. The highest BCUT2D eigenvalue weighted by Gasteiger charge is 2.28. The van der Waals surface area contributed by atoms with E-state index in [0.717, 1.165) is 24.3 Å². The molecule has 0 aliphatic carbocycles. The third-order valence-corrected chi connectivity index (χ3v) is 5.35. The molecule has 1 aliphatic rings. The highest BCUT2D eigenvalue weighted by molar-refractivity contribution is 6.35. The molecule has 162 valence electrons. The van der Waals surface area contributed by atoms with Crippen LogP contribution in [-0.2, 0) is 16.2 Å². The van der Waals surface area contributed by atoms with Crippen LogP contribution in [0.2, 0.25) is 10.0 Å². The zero-order valence-corrected chi connectivity index (χ0v) is 18.5. The molecule has 3 rings (SSSR count). The van der Waals surface area contributed by atoms with Gasteiger partial charge in [-0.05, 0) is 44.2 Å². The van der Waals surface area contributed by atoms with Gasteiger partial charge in [-0.2, -0.15) is 0 Å². The van der Waals surface area contributed by atoms with E-state index in [0.29, 0.717) is 21.4 Å². The number of benzene rings is 2. The summed E-state index contributed by atoms with van der Waals surface area (Å²) >= 11 is 12.2. The van der Waals surface area contributed by atoms with Gasteiger partial charge in [-0.25, -0.2) is 4.79 Å². The van der Waals surface area contributed by atoms with Crippen LogP contribution < -0.4 is 20.3 Å². The number of imide groups is 2. The summed E-state index contributed by atoms with van der Waals surface area (Å²) in [5, 5.41) is 5.11. The topological polar surface area (TPSA) is 87.7 Å². The molecule has 31 heavy (non-hydrogen) atoms. The summed E-state index contributed by atoms with van der Waals surface area (Å²) in [7, 11) is 0. The first kappa shape index (κ1) is 22.7. The molecule has 2 aromatic rings. The Morgan fingerprint density at radius 1 is 0.968 bits per heavy atom. The van der Waals surface area contributed by atoms with Crippen molar-refractivity contribution in [3.05, 3.63) is 63.1 Å². The second-order valence-corrected chi connectivity index (χ2v) is 7.56. The maximum Gasteiger partial charge on any atom is 0.328 e. The molecule has 0 bridgehead atoms. The normalized spacial score (nSPS) is 13.5. The Morgan fingerprint density at radius 2 is 1.65 bits per heavy atom. The zero-order valence-electron chi connectivity index (χ0n) is 17.0. The van der Waals surface area contributed by atoms with Crippen molar-refractivity contribution in [2.24, 2.45) is 0 Å². The molecule has 0 spiro atoms. The fourth-order valence-corrected chi connectivity index (χ4v) is 3.57. The number of carbonyl (C=O) groups excluding carboxylic acids is 3. The van der Waals surface area contributed by atoms with E-state index in [9.17, 15) is 14.4 Å². The van der Waals surface area contributed by atoms with Crippen LogP contribution in [0.4, 0.5) is 10.5 Å². The lowest BCUT2D eigenvalue weighted by molar-refractivity contribution is -0.123. The smallest absolute Gasteiger partial charge is 0.328 e. The van der Waals surface area contributed by atoms with Crippen LogP contribution in [0.15, 0.2) is 42.0 Å². The first-order valence-corrected chi connectivity index (χ1v) is 10.4. The van der Waals surface area contributed by atoms with Gasteiger partial charge in [-0.15, -0.1) is 0 Å². The van der Waals surface area contributed by atoms with Crippen molar-refractivity contribution >= 4 is 52.8 Å². The quantitative estimate of drug-likeness (QED) is 0.477. The molecule has 0 saturated carbocycles. The summed E-state index contributed by atoms with van der Waals surface area (Å²) in [5.41, 5.74) is 1.98. The summed E-state index contributed by atoms with van der Waals surface area (Å²) in [6, 6.07) is 9.75. The lowest BCUT2D eigenvalue weighted by Crippen LogP contribution is -2.51. The van der Waals surface area contributed by atoms with Crippen molar-refractivity contribution in [2.75, 3.05) is 18.0 Å². The summed E-state index contributed by atoms with van der Waals surface area (Å²) in [6.45, 7) is 5.84. The van der Waals surface area contributed by atoms with Crippen LogP contribution in [0.25, 0.3) is 6.08 Å². The number of nitrogens with zero attached hydrogens (tertiary/aromatic N) is 1. The molecule has 4 amide bonds. The predicted octanol–water partition coefficient (Wildman–Crippen LogP) is 4.17. The van der Waals surface area contributed by atoms with E-state index >= 15 is 0 Å².